The van der Waals surface area contributed by atoms with Gasteiger partial charge in [-0.05, 0) is 47.3 Å². The fraction of sp³-hybridized carbons (Fsp3) is 0.917. The Morgan fingerprint density at radius 3 is 2.44 bits per heavy atom. The van der Waals surface area contributed by atoms with E-state index >= 15 is 0 Å². The molecule has 1 atom stereocenters. The lowest BCUT2D eigenvalue weighted by Gasteiger charge is -2.32. The Hall–Kier alpha value is -0.0300. The molecule has 0 aromatic carbocycles. The molecule has 1 rings (SSSR count). The number of halogens is 2. The molecular formula is C12H27Cl2N3O. The van der Waals surface area contributed by atoms with Gasteiger partial charge in [-0.15, -0.1) is 24.8 Å². The molecule has 0 saturated carbocycles. The first-order valence-electron chi connectivity index (χ1n) is 6.09. The molecule has 0 aliphatic carbocycles. The Kier molecular flexibility index (Phi) is 10.1. The van der Waals surface area contributed by atoms with Crippen LogP contribution in [0.25, 0.3) is 0 Å². The summed E-state index contributed by atoms with van der Waals surface area (Å²) < 4.78 is 0. The predicted octanol–water partition coefficient (Wildman–Crippen LogP) is 1.43. The van der Waals surface area contributed by atoms with Gasteiger partial charge in [-0.2, -0.15) is 0 Å². The fourth-order valence-electron chi connectivity index (χ4n) is 1.70. The minimum Gasteiger partial charge on any atom is -0.354 e. The summed E-state index contributed by atoms with van der Waals surface area (Å²) in [6.45, 7) is 6.01. The van der Waals surface area contributed by atoms with Crippen molar-refractivity contribution in [1.82, 2.24) is 15.5 Å². The van der Waals surface area contributed by atoms with Crippen molar-refractivity contribution in [1.29, 1.82) is 0 Å². The fourth-order valence-corrected chi connectivity index (χ4v) is 1.70. The first-order chi connectivity index (χ1) is 7.42. The molecule has 0 bridgehead atoms. The standard InChI is InChI=1S/C12H25N3O.2ClH/c1-12(2,15(3)4)9-14-11(16)8-10-6-5-7-13-10;;/h10,13H,5-9H2,1-4H3,(H,14,16);2*1H. The molecule has 0 spiro atoms. The second-order valence-corrected chi connectivity index (χ2v) is 5.48. The van der Waals surface area contributed by atoms with Crippen LogP contribution in [0.5, 0.6) is 0 Å². The van der Waals surface area contributed by atoms with Gasteiger partial charge in [0.25, 0.3) is 0 Å². The van der Waals surface area contributed by atoms with Crippen molar-refractivity contribution >= 4 is 30.7 Å². The van der Waals surface area contributed by atoms with Gasteiger partial charge in [-0.25, -0.2) is 0 Å². The Labute approximate surface area is 123 Å². The third kappa shape index (κ3) is 6.78. The van der Waals surface area contributed by atoms with Crippen LogP contribution in [0.3, 0.4) is 0 Å². The van der Waals surface area contributed by atoms with Crippen LogP contribution in [0.2, 0.25) is 0 Å². The Balaban J connectivity index is 0. The molecule has 1 aliphatic rings. The van der Waals surface area contributed by atoms with E-state index in [9.17, 15) is 4.79 Å². The van der Waals surface area contributed by atoms with Crippen molar-refractivity contribution in [2.45, 2.75) is 44.7 Å². The van der Waals surface area contributed by atoms with Crippen LogP contribution in [-0.4, -0.2) is 49.6 Å². The third-order valence-electron chi connectivity index (χ3n) is 3.52. The number of carbonyl (C=O) groups is 1. The van der Waals surface area contributed by atoms with Crippen LogP contribution in [-0.2, 0) is 4.79 Å². The molecule has 2 N–H and O–H groups in total. The largest absolute Gasteiger partial charge is 0.354 e. The lowest BCUT2D eigenvalue weighted by atomic mass is 10.0. The number of hydrogen-bond donors (Lipinski definition) is 2. The summed E-state index contributed by atoms with van der Waals surface area (Å²) in [6, 6.07) is 0.391. The average molecular weight is 300 g/mol. The number of amides is 1. The summed E-state index contributed by atoms with van der Waals surface area (Å²) in [4.78, 5) is 13.8. The van der Waals surface area contributed by atoms with Gasteiger partial charge in [0.1, 0.15) is 0 Å². The number of carbonyl (C=O) groups excluding carboxylic acids is 1. The first kappa shape index (κ1) is 20.3. The van der Waals surface area contributed by atoms with Gasteiger partial charge in [0.15, 0.2) is 0 Å². The van der Waals surface area contributed by atoms with E-state index in [0.29, 0.717) is 19.0 Å². The molecule has 1 fully saturated rings. The van der Waals surface area contributed by atoms with Gasteiger partial charge in [-0.1, -0.05) is 0 Å². The Morgan fingerprint density at radius 2 is 2.00 bits per heavy atom. The zero-order chi connectivity index (χ0) is 12.2. The molecule has 1 unspecified atom stereocenters. The van der Waals surface area contributed by atoms with Crippen LogP contribution in [0.15, 0.2) is 0 Å². The van der Waals surface area contributed by atoms with E-state index in [4.69, 9.17) is 0 Å². The molecule has 1 saturated heterocycles. The number of nitrogens with zero attached hydrogens (tertiary/aromatic N) is 1. The van der Waals surface area contributed by atoms with Crippen molar-refractivity contribution in [3.05, 3.63) is 0 Å². The van der Waals surface area contributed by atoms with E-state index in [0.717, 1.165) is 13.0 Å². The second kappa shape index (κ2) is 8.97. The summed E-state index contributed by atoms with van der Waals surface area (Å²) in [6.07, 6.45) is 2.94. The highest BCUT2D eigenvalue weighted by Crippen LogP contribution is 2.10. The number of nitrogens with one attached hydrogen (secondary N) is 2. The molecule has 110 valence electrons. The minimum absolute atomic E-state index is 0. The number of hydrogen-bond acceptors (Lipinski definition) is 3. The number of rotatable bonds is 5. The second-order valence-electron chi connectivity index (χ2n) is 5.48. The SMILES string of the molecule is CN(C)C(C)(C)CNC(=O)CC1CCCN1.Cl.Cl. The van der Waals surface area contributed by atoms with Crippen LogP contribution in [0.4, 0.5) is 0 Å². The summed E-state index contributed by atoms with van der Waals surface area (Å²) in [5, 5.41) is 6.35. The van der Waals surface area contributed by atoms with Gasteiger partial charge in [-0.3, -0.25) is 4.79 Å². The number of likely N-dealkylation sites (N-methyl/N-ethyl adjacent to an activating group) is 1. The summed E-state index contributed by atoms with van der Waals surface area (Å²) in [5.41, 5.74) is 0.0127. The van der Waals surface area contributed by atoms with Crippen LogP contribution < -0.4 is 10.6 Å². The molecule has 1 amide bonds. The van der Waals surface area contributed by atoms with Crippen LogP contribution in [0.1, 0.15) is 33.1 Å². The maximum Gasteiger partial charge on any atom is 0.221 e. The van der Waals surface area contributed by atoms with Gasteiger partial charge < -0.3 is 15.5 Å². The van der Waals surface area contributed by atoms with Crippen LogP contribution in [0, 0.1) is 0 Å². The molecule has 1 aliphatic heterocycles. The third-order valence-corrected chi connectivity index (χ3v) is 3.52. The highest BCUT2D eigenvalue weighted by molar-refractivity contribution is 5.85. The maximum atomic E-state index is 11.7. The molecule has 0 aromatic rings. The lowest BCUT2D eigenvalue weighted by Crippen LogP contribution is -2.48. The van der Waals surface area contributed by atoms with Gasteiger partial charge in [0.2, 0.25) is 5.91 Å². The smallest absolute Gasteiger partial charge is 0.221 e. The van der Waals surface area contributed by atoms with Gasteiger partial charge in [0.05, 0.1) is 0 Å². The summed E-state index contributed by atoms with van der Waals surface area (Å²) in [5.74, 6) is 0.161. The average Bonchev–Trinajstić information content (AvgIpc) is 2.67. The van der Waals surface area contributed by atoms with E-state index in [1.807, 2.05) is 14.1 Å². The van der Waals surface area contributed by atoms with Crippen molar-refractivity contribution in [3.8, 4) is 0 Å². The van der Waals surface area contributed by atoms with Crippen molar-refractivity contribution in [2.75, 3.05) is 27.2 Å². The predicted molar refractivity (Wildman–Crippen MR) is 80.9 cm³/mol. The maximum absolute atomic E-state index is 11.7. The van der Waals surface area contributed by atoms with E-state index in [2.05, 4.69) is 29.4 Å². The topological polar surface area (TPSA) is 44.4 Å². The summed E-state index contributed by atoms with van der Waals surface area (Å²) >= 11 is 0. The summed E-state index contributed by atoms with van der Waals surface area (Å²) in [7, 11) is 4.06. The van der Waals surface area contributed by atoms with Crippen molar-refractivity contribution in [3.63, 3.8) is 0 Å². The molecule has 1 heterocycles. The molecular weight excluding hydrogens is 273 g/mol. The monoisotopic (exact) mass is 299 g/mol. The van der Waals surface area contributed by atoms with E-state index in [-0.39, 0.29) is 36.3 Å². The zero-order valence-electron chi connectivity index (χ0n) is 11.8. The normalized spacial score (nSPS) is 19.1. The van der Waals surface area contributed by atoms with Crippen LogP contribution >= 0.6 is 24.8 Å². The first-order valence-corrected chi connectivity index (χ1v) is 6.09. The van der Waals surface area contributed by atoms with E-state index < -0.39 is 0 Å². The van der Waals surface area contributed by atoms with Gasteiger partial charge in [0, 0.05) is 24.5 Å². The van der Waals surface area contributed by atoms with E-state index in [1.165, 1.54) is 6.42 Å². The van der Waals surface area contributed by atoms with Crippen molar-refractivity contribution < 1.29 is 4.79 Å². The molecule has 6 heteroatoms. The highest BCUT2D eigenvalue weighted by atomic mass is 35.5. The molecule has 18 heavy (non-hydrogen) atoms. The molecule has 0 aromatic heterocycles. The van der Waals surface area contributed by atoms with E-state index in [1.54, 1.807) is 0 Å². The Bertz CT molecular complexity index is 241. The molecule has 0 radical (unpaired) electrons. The Morgan fingerprint density at radius 1 is 1.39 bits per heavy atom. The lowest BCUT2D eigenvalue weighted by molar-refractivity contribution is -0.122. The highest BCUT2D eigenvalue weighted by Gasteiger charge is 2.22. The minimum atomic E-state index is 0. The zero-order valence-corrected chi connectivity index (χ0v) is 13.4. The quantitative estimate of drug-likeness (QED) is 0.807. The van der Waals surface area contributed by atoms with Gasteiger partial charge >= 0.3 is 0 Å². The van der Waals surface area contributed by atoms with Crippen molar-refractivity contribution in [2.24, 2.45) is 0 Å². The molecule has 4 nitrogen and oxygen atoms in total.